The van der Waals surface area contributed by atoms with Crippen molar-refractivity contribution in [2.24, 2.45) is 0 Å². The molecule has 0 bridgehead atoms. The van der Waals surface area contributed by atoms with E-state index in [1.807, 2.05) is 0 Å². The highest BCUT2D eigenvalue weighted by molar-refractivity contribution is 5.78. The molecule has 1 saturated heterocycles. The largest absolute Gasteiger partial charge is 0.396 e. The zero-order chi connectivity index (χ0) is 13.2. The van der Waals surface area contributed by atoms with Gasteiger partial charge in [-0.25, -0.2) is 0 Å². The predicted octanol–water partition coefficient (Wildman–Crippen LogP) is 2.18. The molecule has 3 heteroatoms. The van der Waals surface area contributed by atoms with Crippen LogP contribution in [-0.2, 0) is 10.3 Å². The van der Waals surface area contributed by atoms with Crippen LogP contribution in [0.1, 0.15) is 42.4 Å². The van der Waals surface area contributed by atoms with Crippen molar-refractivity contribution in [2.75, 3.05) is 6.61 Å². The maximum atomic E-state index is 11.7. The van der Waals surface area contributed by atoms with Crippen molar-refractivity contribution in [1.29, 1.82) is 0 Å². The first-order valence-electron chi connectivity index (χ1n) is 6.57. The van der Waals surface area contributed by atoms with Crippen LogP contribution in [-0.4, -0.2) is 17.6 Å². The number of aliphatic hydroxyl groups is 1. The van der Waals surface area contributed by atoms with E-state index >= 15 is 0 Å². The van der Waals surface area contributed by atoms with Crippen LogP contribution in [0.15, 0.2) is 18.2 Å². The minimum Gasteiger partial charge on any atom is -0.396 e. The quantitative estimate of drug-likeness (QED) is 0.860. The molecule has 1 aromatic rings. The SMILES string of the molecule is Cc1ccc(C2(CCO)CCCC(=O)N2)c(C)c1. The Kier molecular flexibility index (Phi) is 3.71. The summed E-state index contributed by atoms with van der Waals surface area (Å²) in [5.74, 6) is 0.0923. The van der Waals surface area contributed by atoms with E-state index in [1.54, 1.807) is 0 Å². The Morgan fingerprint density at radius 2 is 2.17 bits per heavy atom. The molecule has 1 amide bonds. The molecule has 18 heavy (non-hydrogen) atoms. The Morgan fingerprint density at radius 1 is 1.39 bits per heavy atom. The fourth-order valence-corrected chi connectivity index (χ4v) is 3.01. The summed E-state index contributed by atoms with van der Waals surface area (Å²) in [6, 6.07) is 6.30. The van der Waals surface area contributed by atoms with E-state index < -0.39 is 0 Å². The summed E-state index contributed by atoms with van der Waals surface area (Å²) in [5.41, 5.74) is 3.18. The predicted molar refractivity (Wildman–Crippen MR) is 71.3 cm³/mol. The minimum atomic E-state index is -0.373. The van der Waals surface area contributed by atoms with Crippen LogP contribution in [0.3, 0.4) is 0 Å². The van der Waals surface area contributed by atoms with Gasteiger partial charge < -0.3 is 10.4 Å². The third-order valence-electron chi connectivity index (χ3n) is 3.82. The molecule has 0 aromatic heterocycles. The second kappa shape index (κ2) is 5.11. The summed E-state index contributed by atoms with van der Waals surface area (Å²) in [6.07, 6.45) is 2.98. The van der Waals surface area contributed by atoms with Gasteiger partial charge in [0.15, 0.2) is 0 Å². The van der Waals surface area contributed by atoms with Gasteiger partial charge in [-0.1, -0.05) is 23.8 Å². The molecule has 0 spiro atoms. The number of amides is 1. The standard InChI is InChI=1S/C15H21NO2/c1-11-5-6-13(12(2)10-11)15(8-9-17)7-3-4-14(18)16-15/h5-6,10,17H,3-4,7-9H2,1-2H3,(H,16,18). The molecule has 3 nitrogen and oxygen atoms in total. The van der Waals surface area contributed by atoms with Gasteiger partial charge >= 0.3 is 0 Å². The van der Waals surface area contributed by atoms with Gasteiger partial charge in [0.1, 0.15) is 0 Å². The van der Waals surface area contributed by atoms with E-state index in [0.29, 0.717) is 12.8 Å². The Balaban J connectivity index is 2.42. The van der Waals surface area contributed by atoms with Gasteiger partial charge in [0.05, 0.1) is 5.54 Å². The van der Waals surface area contributed by atoms with Crippen LogP contribution in [0.2, 0.25) is 0 Å². The second-order valence-electron chi connectivity index (χ2n) is 5.28. The van der Waals surface area contributed by atoms with Crippen molar-refractivity contribution in [3.8, 4) is 0 Å². The van der Waals surface area contributed by atoms with Crippen molar-refractivity contribution in [1.82, 2.24) is 5.32 Å². The molecule has 1 aromatic carbocycles. The third kappa shape index (κ3) is 2.41. The highest BCUT2D eigenvalue weighted by Gasteiger charge is 2.36. The number of piperidine rings is 1. The zero-order valence-corrected chi connectivity index (χ0v) is 11.1. The lowest BCUT2D eigenvalue weighted by Crippen LogP contribution is -2.49. The van der Waals surface area contributed by atoms with Gasteiger partial charge in [0.25, 0.3) is 0 Å². The first-order chi connectivity index (χ1) is 8.57. The van der Waals surface area contributed by atoms with E-state index in [-0.39, 0.29) is 18.1 Å². The van der Waals surface area contributed by atoms with Crippen molar-refractivity contribution < 1.29 is 9.90 Å². The smallest absolute Gasteiger partial charge is 0.220 e. The number of hydrogen-bond acceptors (Lipinski definition) is 2. The summed E-state index contributed by atoms with van der Waals surface area (Å²) >= 11 is 0. The van der Waals surface area contributed by atoms with E-state index in [1.165, 1.54) is 11.1 Å². The van der Waals surface area contributed by atoms with Crippen LogP contribution in [0.5, 0.6) is 0 Å². The summed E-state index contributed by atoms with van der Waals surface area (Å²) < 4.78 is 0. The van der Waals surface area contributed by atoms with Crippen LogP contribution in [0.25, 0.3) is 0 Å². The molecule has 1 aliphatic rings. The number of aliphatic hydroxyl groups excluding tert-OH is 1. The topological polar surface area (TPSA) is 49.3 Å². The van der Waals surface area contributed by atoms with Crippen LogP contribution < -0.4 is 5.32 Å². The molecule has 0 radical (unpaired) electrons. The van der Waals surface area contributed by atoms with Crippen molar-refractivity contribution in [2.45, 2.75) is 45.1 Å². The molecule has 1 fully saturated rings. The van der Waals surface area contributed by atoms with Crippen molar-refractivity contribution in [3.05, 3.63) is 34.9 Å². The van der Waals surface area contributed by atoms with Crippen molar-refractivity contribution in [3.63, 3.8) is 0 Å². The average Bonchev–Trinajstić information content (AvgIpc) is 2.28. The Hall–Kier alpha value is -1.35. The van der Waals surface area contributed by atoms with Gasteiger partial charge in [0, 0.05) is 13.0 Å². The molecule has 0 aliphatic carbocycles. The number of benzene rings is 1. The third-order valence-corrected chi connectivity index (χ3v) is 3.82. The molecule has 2 N–H and O–H groups in total. The average molecular weight is 247 g/mol. The Bertz CT molecular complexity index is 452. The molecular formula is C15H21NO2. The summed E-state index contributed by atoms with van der Waals surface area (Å²) in [5, 5.41) is 12.4. The number of carbonyl (C=O) groups is 1. The molecule has 1 unspecified atom stereocenters. The number of hydrogen-bond donors (Lipinski definition) is 2. The molecule has 2 rings (SSSR count). The van der Waals surface area contributed by atoms with Crippen LogP contribution in [0, 0.1) is 13.8 Å². The lowest BCUT2D eigenvalue weighted by atomic mass is 9.77. The van der Waals surface area contributed by atoms with E-state index in [9.17, 15) is 9.90 Å². The van der Waals surface area contributed by atoms with Crippen molar-refractivity contribution >= 4 is 5.91 Å². The maximum absolute atomic E-state index is 11.7. The maximum Gasteiger partial charge on any atom is 0.220 e. The monoisotopic (exact) mass is 247 g/mol. The summed E-state index contributed by atoms with van der Waals surface area (Å²) in [6.45, 7) is 4.23. The number of nitrogens with one attached hydrogen (secondary N) is 1. The normalized spacial score (nSPS) is 23.8. The summed E-state index contributed by atoms with van der Waals surface area (Å²) in [7, 11) is 0. The number of rotatable bonds is 3. The fraction of sp³-hybridized carbons (Fsp3) is 0.533. The summed E-state index contributed by atoms with van der Waals surface area (Å²) in [4.78, 5) is 11.7. The van der Waals surface area contributed by atoms with E-state index in [2.05, 4.69) is 37.4 Å². The highest BCUT2D eigenvalue weighted by Crippen LogP contribution is 2.35. The van der Waals surface area contributed by atoms with Crippen LogP contribution >= 0.6 is 0 Å². The highest BCUT2D eigenvalue weighted by atomic mass is 16.3. The molecule has 98 valence electrons. The van der Waals surface area contributed by atoms with Crippen LogP contribution in [0.4, 0.5) is 0 Å². The number of carbonyl (C=O) groups excluding carboxylic acids is 1. The first-order valence-corrected chi connectivity index (χ1v) is 6.57. The molecule has 1 heterocycles. The Labute approximate surface area is 108 Å². The lowest BCUT2D eigenvalue weighted by Gasteiger charge is -2.39. The van der Waals surface area contributed by atoms with E-state index in [0.717, 1.165) is 18.4 Å². The first kappa shape index (κ1) is 13.1. The zero-order valence-electron chi connectivity index (χ0n) is 11.1. The second-order valence-corrected chi connectivity index (χ2v) is 5.28. The molecule has 0 saturated carbocycles. The van der Waals surface area contributed by atoms with Gasteiger partial charge in [-0.15, -0.1) is 0 Å². The van der Waals surface area contributed by atoms with Gasteiger partial charge in [-0.3, -0.25) is 4.79 Å². The lowest BCUT2D eigenvalue weighted by molar-refractivity contribution is -0.125. The molecular weight excluding hydrogens is 226 g/mol. The van der Waals surface area contributed by atoms with Gasteiger partial charge in [-0.2, -0.15) is 0 Å². The van der Waals surface area contributed by atoms with Gasteiger partial charge in [-0.05, 0) is 44.2 Å². The number of aryl methyl sites for hydroxylation is 2. The fourth-order valence-electron chi connectivity index (χ4n) is 3.01. The molecule has 1 aliphatic heterocycles. The Morgan fingerprint density at radius 3 is 2.78 bits per heavy atom. The minimum absolute atomic E-state index is 0.0909. The molecule has 1 atom stereocenters. The van der Waals surface area contributed by atoms with Gasteiger partial charge in [0.2, 0.25) is 5.91 Å². The van der Waals surface area contributed by atoms with E-state index in [4.69, 9.17) is 0 Å².